The summed E-state index contributed by atoms with van der Waals surface area (Å²) < 4.78 is 7.97. The van der Waals surface area contributed by atoms with Gasteiger partial charge in [0.05, 0.1) is 11.6 Å². The van der Waals surface area contributed by atoms with E-state index in [0.717, 1.165) is 49.0 Å². The second kappa shape index (κ2) is 13.9. The van der Waals surface area contributed by atoms with Crippen LogP contribution in [0, 0.1) is 0 Å². The first-order valence-electron chi connectivity index (χ1n) is 10.5. The lowest BCUT2D eigenvalue weighted by Crippen LogP contribution is -2.39. The van der Waals surface area contributed by atoms with Crippen LogP contribution in [0.15, 0.2) is 59.9 Å². The van der Waals surface area contributed by atoms with Gasteiger partial charge in [-0.3, -0.25) is 0 Å². The molecule has 0 aliphatic heterocycles. The van der Waals surface area contributed by atoms with Crippen LogP contribution in [0.25, 0.3) is 0 Å². The lowest BCUT2D eigenvalue weighted by Gasteiger charge is -2.14. The molecule has 0 saturated carbocycles. The van der Waals surface area contributed by atoms with Gasteiger partial charge in [0.1, 0.15) is 24.5 Å². The average molecular weight is 569 g/mol. The molecule has 0 radical (unpaired) electrons. The Morgan fingerprint density at radius 1 is 1.06 bits per heavy atom. The number of aryl methyl sites for hydroxylation is 1. The molecule has 0 aliphatic carbocycles. The average Bonchev–Trinajstić information content (AvgIpc) is 3.25. The topological polar surface area (TPSA) is 76.4 Å². The van der Waals surface area contributed by atoms with E-state index in [1.807, 2.05) is 36.4 Å². The molecule has 9 heteroatoms. The van der Waals surface area contributed by atoms with E-state index in [0.29, 0.717) is 23.9 Å². The molecule has 3 aromatic rings. The summed E-state index contributed by atoms with van der Waals surface area (Å²) in [6, 6.07) is 15.6. The van der Waals surface area contributed by atoms with Gasteiger partial charge in [0.2, 0.25) is 0 Å². The third kappa shape index (κ3) is 7.67. The number of hydrogen-bond donors (Lipinski definition) is 2. The first-order valence-corrected chi connectivity index (χ1v) is 10.9. The van der Waals surface area contributed by atoms with Gasteiger partial charge in [-0.25, -0.2) is 4.99 Å². The fourth-order valence-electron chi connectivity index (χ4n) is 3.11. The fraction of sp³-hybridized carbons (Fsp3) is 0.348. The Hall–Kier alpha value is -2.33. The highest BCUT2D eigenvalue weighted by Gasteiger charge is 2.06. The molecule has 0 atom stereocenters. The minimum absolute atomic E-state index is 0. The zero-order valence-electron chi connectivity index (χ0n) is 18.4. The van der Waals surface area contributed by atoms with Gasteiger partial charge in [-0.05, 0) is 30.2 Å². The Labute approximate surface area is 211 Å². The van der Waals surface area contributed by atoms with Crippen molar-refractivity contribution in [3.63, 3.8) is 0 Å². The quantitative estimate of drug-likeness (QED) is 0.215. The zero-order chi connectivity index (χ0) is 21.9. The first kappa shape index (κ1) is 25.9. The summed E-state index contributed by atoms with van der Waals surface area (Å²) in [6.45, 7) is 7.41. The molecular formula is C23H30ClIN6O. The number of hydrogen-bond acceptors (Lipinski definition) is 4. The van der Waals surface area contributed by atoms with Crippen molar-refractivity contribution in [3.8, 4) is 5.75 Å². The molecule has 7 nitrogen and oxygen atoms in total. The molecule has 1 aromatic heterocycles. The maximum Gasteiger partial charge on any atom is 0.191 e. The Bertz CT molecular complexity index is 994. The van der Waals surface area contributed by atoms with E-state index in [-0.39, 0.29) is 24.0 Å². The van der Waals surface area contributed by atoms with Crippen LogP contribution in [0.2, 0.25) is 5.02 Å². The van der Waals surface area contributed by atoms with Crippen LogP contribution in [0.1, 0.15) is 30.8 Å². The number of aromatic nitrogens is 3. The molecular weight excluding hydrogens is 539 g/mol. The van der Waals surface area contributed by atoms with Crippen LogP contribution < -0.4 is 15.4 Å². The number of guanidine groups is 1. The third-order valence-corrected chi connectivity index (χ3v) is 5.06. The van der Waals surface area contributed by atoms with E-state index < -0.39 is 0 Å². The number of rotatable bonds is 10. The van der Waals surface area contributed by atoms with Crippen LogP contribution in [-0.4, -0.2) is 33.8 Å². The van der Waals surface area contributed by atoms with Gasteiger partial charge in [0, 0.05) is 26.1 Å². The highest BCUT2D eigenvalue weighted by Crippen LogP contribution is 2.24. The number of halogens is 2. The first-order chi connectivity index (χ1) is 15.2. The van der Waals surface area contributed by atoms with E-state index in [9.17, 15) is 0 Å². The summed E-state index contributed by atoms with van der Waals surface area (Å²) in [5, 5.41) is 15.4. The number of para-hydroxylation sites is 1. The summed E-state index contributed by atoms with van der Waals surface area (Å²) in [5.74, 6) is 2.43. The predicted molar refractivity (Wildman–Crippen MR) is 140 cm³/mol. The largest absolute Gasteiger partial charge is 0.487 e. The van der Waals surface area contributed by atoms with Gasteiger partial charge in [-0.15, -0.1) is 34.2 Å². The van der Waals surface area contributed by atoms with E-state index in [4.69, 9.17) is 21.3 Å². The van der Waals surface area contributed by atoms with Crippen molar-refractivity contribution in [1.82, 2.24) is 25.4 Å². The number of nitrogens with zero attached hydrogens (tertiary/aromatic N) is 4. The maximum atomic E-state index is 6.20. The molecule has 1 heterocycles. The van der Waals surface area contributed by atoms with Crippen molar-refractivity contribution >= 4 is 41.5 Å². The molecule has 2 aromatic carbocycles. The monoisotopic (exact) mass is 568 g/mol. The van der Waals surface area contributed by atoms with Gasteiger partial charge < -0.3 is 19.9 Å². The molecule has 0 fully saturated rings. The summed E-state index contributed by atoms with van der Waals surface area (Å²) in [7, 11) is 0. The van der Waals surface area contributed by atoms with Crippen LogP contribution in [0.5, 0.6) is 5.75 Å². The molecule has 0 amide bonds. The number of benzene rings is 2. The zero-order valence-corrected chi connectivity index (χ0v) is 21.5. The van der Waals surface area contributed by atoms with E-state index >= 15 is 0 Å². The number of nitrogens with one attached hydrogen (secondary N) is 2. The number of aliphatic imine (C=N–C) groups is 1. The van der Waals surface area contributed by atoms with Crippen molar-refractivity contribution in [2.75, 3.05) is 13.1 Å². The van der Waals surface area contributed by atoms with Crippen molar-refractivity contribution in [2.24, 2.45) is 4.99 Å². The Kier molecular flexibility index (Phi) is 11.3. The summed E-state index contributed by atoms with van der Waals surface area (Å²) in [4.78, 5) is 4.75. The van der Waals surface area contributed by atoms with Crippen LogP contribution in [-0.2, 0) is 26.1 Å². The molecule has 0 aliphatic rings. The van der Waals surface area contributed by atoms with Gasteiger partial charge in [0.15, 0.2) is 5.96 Å². The van der Waals surface area contributed by atoms with Crippen LogP contribution in [0.3, 0.4) is 0 Å². The fourth-order valence-corrected chi connectivity index (χ4v) is 3.30. The van der Waals surface area contributed by atoms with E-state index in [1.54, 1.807) is 6.33 Å². The lowest BCUT2D eigenvalue weighted by molar-refractivity contribution is 0.305. The van der Waals surface area contributed by atoms with Gasteiger partial charge in [-0.2, -0.15) is 0 Å². The molecule has 0 unspecified atom stereocenters. The lowest BCUT2D eigenvalue weighted by atomic mass is 10.1. The maximum absolute atomic E-state index is 6.20. The molecule has 32 heavy (non-hydrogen) atoms. The van der Waals surface area contributed by atoms with E-state index in [1.165, 1.54) is 0 Å². The normalized spacial score (nSPS) is 11.0. The summed E-state index contributed by atoms with van der Waals surface area (Å²) >= 11 is 6.20. The highest BCUT2D eigenvalue weighted by molar-refractivity contribution is 14.0. The SMILES string of the molecule is CCNC(=NCc1ccccc1COc1ccccc1Cl)NCCn1cnnc1CC.I. The van der Waals surface area contributed by atoms with Gasteiger partial charge >= 0.3 is 0 Å². The van der Waals surface area contributed by atoms with Crippen molar-refractivity contribution < 1.29 is 4.74 Å². The van der Waals surface area contributed by atoms with Gasteiger partial charge in [-0.1, -0.05) is 54.9 Å². The van der Waals surface area contributed by atoms with Crippen molar-refractivity contribution in [2.45, 2.75) is 40.0 Å². The summed E-state index contributed by atoms with van der Waals surface area (Å²) in [5.41, 5.74) is 2.19. The Balaban J connectivity index is 0.00000363. The third-order valence-electron chi connectivity index (χ3n) is 4.75. The molecule has 0 spiro atoms. The standard InChI is InChI=1S/C23H29ClN6O.HI/c1-3-22-29-28-17-30(22)14-13-26-23(25-4-2)27-15-18-9-5-6-10-19(18)16-31-21-12-8-7-11-20(21)24;/h5-12,17H,3-4,13-16H2,1-2H3,(H2,25,26,27);1H. The predicted octanol–water partition coefficient (Wildman–Crippen LogP) is 4.45. The van der Waals surface area contributed by atoms with Crippen molar-refractivity contribution in [3.05, 3.63) is 76.8 Å². The molecule has 0 saturated heterocycles. The minimum atomic E-state index is 0. The highest BCUT2D eigenvalue weighted by atomic mass is 127. The second-order valence-corrected chi connectivity index (χ2v) is 7.31. The van der Waals surface area contributed by atoms with Crippen molar-refractivity contribution in [1.29, 1.82) is 0 Å². The van der Waals surface area contributed by atoms with Crippen LogP contribution >= 0.6 is 35.6 Å². The van der Waals surface area contributed by atoms with Crippen LogP contribution in [0.4, 0.5) is 0 Å². The molecule has 172 valence electrons. The smallest absolute Gasteiger partial charge is 0.191 e. The second-order valence-electron chi connectivity index (χ2n) is 6.90. The number of ether oxygens (including phenoxy) is 1. The minimum Gasteiger partial charge on any atom is -0.487 e. The molecule has 3 rings (SSSR count). The Morgan fingerprint density at radius 2 is 1.81 bits per heavy atom. The molecule has 0 bridgehead atoms. The summed E-state index contributed by atoms with van der Waals surface area (Å²) in [6.07, 6.45) is 2.63. The van der Waals surface area contributed by atoms with E-state index in [2.05, 4.69) is 51.4 Å². The molecule has 2 N–H and O–H groups in total. The van der Waals surface area contributed by atoms with Gasteiger partial charge in [0.25, 0.3) is 0 Å². The Morgan fingerprint density at radius 3 is 2.56 bits per heavy atom.